The highest BCUT2D eigenvalue weighted by atomic mass is 35.5. The summed E-state index contributed by atoms with van der Waals surface area (Å²) in [6, 6.07) is 9.22. The van der Waals surface area contributed by atoms with E-state index in [1.165, 1.54) is 0 Å². The van der Waals surface area contributed by atoms with Crippen molar-refractivity contribution in [3.05, 3.63) is 41.0 Å². The normalized spacial score (nSPS) is 15.3. The number of nitrogens with zero attached hydrogens (tertiary/aromatic N) is 1. The van der Waals surface area contributed by atoms with Crippen molar-refractivity contribution in [2.24, 2.45) is 5.92 Å². The molecule has 0 bridgehead atoms. The maximum Gasteiger partial charge on any atom is 0.223 e. The Hall–Kier alpha value is -1.81. The van der Waals surface area contributed by atoms with Crippen molar-refractivity contribution in [1.29, 1.82) is 0 Å². The van der Waals surface area contributed by atoms with Crippen molar-refractivity contribution in [3.63, 3.8) is 0 Å². The number of benzene rings is 1. The van der Waals surface area contributed by atoms with Gasteiger partial charge in [-0.15, -0.1) is 0 Å². The average molecular weight is 305 g/mol. The number of amides is 1. The lowest BCUT2D eigenvalue weighted by Crippen LogP contribution is -2.28. The Morgan fingerprint density at radius 1 is 1.29 bits per heavy atom. The number of hydrogen-bond donors (Lipinski definition) is 1. The zero-order valence-corrected chi connectivity index (χ0v) is 12.4. The highest BCUT2D eigenvalue weighted by Crippen LogP contribution is 2.25. The monoisotopic (exact) mass is 304 g/mol. The van der Waals surface area contributed by atoms with Crippen LogP contribution in [0.3, 0.4) is 0 Å². The lowest BCUT2D eigenvalue weighted by molar-refractivity contribution is -0.125. The minimum Gasteiger partial charge on any atom is -0.356 e. The largest absolute Gasteiger partial charge is 0.356 e. The molecule has 110 valence electrons. The Kier molecular flexibility index (Phi) is 4.25. The zero-order chi connectivity index (χ0) is 14.7. The summed E-state index contributed by atoms with van der Waals surface area (Å²) in [5.41, 5.74) is 1.64. The second-order valence-electron chi connectivity index (χ2n) is 5.39. The molecule has 1 saturated carbocycles. The fourth-order valence-electron chi connectivity index (χ4n) is 2.66. The van der Waals surface area contributed by atoms with Crippen molar-refractivity contribution in [2.45, 2.75) is 32.2 Å². The lowest BCUT2D eigenvalue weighted by Gasteiger charge is -2.08. The molecule has 1 N–H and O–H groups in total. The average Bonchev–Trinajstić information content (AvgIpc) is 3.17. The van der Waals surface area contributed by atoms with Crippen LogP contribution in [0.1, 0.15) is 31.4 Å². The first kappa shape index (κ1) is 14.1. The van der Waals surface area contributed by atoms with Crippen LogP contribution < -0.4 is 5.32 Å². The standard InChI is InChI=1S/C16H17ClN2O2/c17-13-7-5-11(6-8-13)15-9-14(19-21-15)10-18-16(20)12-3-1-2-4-12/h5-9,12H,1-4,10H2,(H,18,20). The van der Waals surface area contributed by atoms with Gasteiger partial charge in [-0.3, -0.25) is 4.79 Å². The summed E-state index contributed by atoms with van der Waals surface area (Å²) < 4.78 is 5.30. The first-order chi connectivity index (χ1) is 10.2. The molecule has 1 fully saturated rings. The quantitative estimate of drug-likeness (QED) is 0.934. The van der Waals surface area contributed by atoms with Crippen LogP contribution in [0.2, 0.25) is 5.02 Å². The van der Waals surface area contributed by atoms with Crippen LogP contribution in [0.15, 0.2) is 34.9 Å². The Bertz CT molecular complexity index is 615. The fraction of sp³-hybridized carbons (Fsp3) is 0.375. The minimum atomic E-state index is 0.128. The highest BCUT2D eigenvalue weighted by molar-refractivity contribution is 6.30. The Balaban J connectivity index is 1.60. The van der Waals surface area contributed by atoms with E-state index in [1.807, 2.05) is 18.2 Å². The van der Waals surface area contributed by atoms with Crippen LogP contribution in [0, 0.1) is 5.92 Å². The maximum atomic E-state index is 11.9. The van der Waals surface area contributed by atoms with Gasteiger partial charge in [0.15, 0.2) is 5.76 Å². The summed E-state index contributed by atoms with van der Waals surface area (Å²) in [6.45, 7) is 0.409. The number of aromatic nitrogens is 1. The van der Waals surface area contributed by atoms with Crippen LogP contribution in [0.4, 0.5) is 0 Å². The Morgan fingerprint density at radius 2 is 2.00 bits per heavy atom. The Morgan fingerprint density at radius 3 is 2.71 bits per heavy atom. The highest BCUT2D eigenvalue weighted by Gasteiger charge is 2.22. The summed E-state index contributed by atoms with van der Waals surface area (Å²) in [7, 11) is 0. The van der Waals surface area contributed by atoms with E-state index in [0.717, 1.165) is 36.9 Å². The van der Waals surface area contributed by atoms with E-state index >= 15 is 0 Å². The van der Waals surface area contributed by atoms with Gasteiger partial charge >= 0.3 is 0 Å². The number of nitrogens with one attached hydrogen (secondary N) is 1. The summed E-state index contributed by atoms with van der Waals surface area (Å²) in [6.07, 6.45) is 4.31. The maximum absolute atomic E-state index is 11.9. The number of hydrogen-bond acceptors (Lipinski definition) is 3. The van der Waals surface area contributed by atoms with Crippen molar-refractivity contribution in [2.75, 3.05) is 0 Å². The third-order valence-electron chi connectivity index (χ3n) is 3.86. The smallest absolute Gasteiger partial charge is 0.223 e. The molecule has 1 amide bonds. The lowest BCUT2D eigenvalue weighted by atomic mass is 10.1. The molecule has 1 heterocycles. The number of halogens is 1. The molecule has 1 aromatic carbocycles. The first-order valence-corrected chi connectivity index (χ1v) is 7.59. The first-order valence-electron chi connectivity index (χ1n) is 7.21. The van der Waals surface area contributed by atoms with E-state index in [4.69, 9.17) is 16.1 Å². The van der Waals surface area contributed by atoms with Crippen LogP contribution in [-0.2, 0) is 11.3 Å². The van der Waals surface area contributed by atoms with Gasteiger partial charge in [0.05, 0.1) is 6.54 Å². The second-order valence-corrected chi connectivity index (χ2v) is 5.83. The summed E-state index contributed by atoms with van der Waals surface area (Å²) in [5, 5.41) is 7.61. The van der Waals surface area contributed by atoms with Gasteiger partial charge in [0, 0.05) is 22.6 Å². The van der Waals surface area contributed by atoms with E-state index in [-0.39, 0.29) is 11.8 Å². The molecule has 4 nitrogen and oxygen atoms in total. The molecule has 0 atom stereocenters. The summed E-state index contributed by atoms with van der Waals surface area (Å²) >= 11 is 5.86. The molecule has 3 rings (SSSR count). The molecule has 0 aliphatic heterocycles. The fourth-order valence-corrected chi connectivity index (χ4v) is 2.78. The molecule has 0 radical (unpaired) electrons. The van der Waals surface area contributed by atoms with Crippen LogP contribution >= 0.6 is 11.6 Å². The number of rotatable bonds is 4. The van der Waals surface area contributed by atoms with E-state index in [1.54, 1.807) is 12.1 Å². The molecular formula is C16H17ClN2O2. The molecular weight excluding hydrogens is 288 g/mol. The molecule has 1 aliphatic carbocycles. The van der Waals surface area contributed by atoms with E-state index in [2.05, 4.69) is 10.5 Å². The van der Waals surface area contributed by atoms with Crippen molar-refractivity contribution < 1.29 is 9.32 Å². The van der Waals surface area contributed by atoms with E-state index in [9.17, 15) is 4.79 Å². The predicted octanol–water partition coefficient (Wildman–Crippen LogP) is 3.80. The van der Waals surface area contributed by atoms with Crippen LogP contribution in [0.5, 0.6) is 0 Å². The zero-order valence-electron chi connectivity index (χ0n) is 11.6. The van der Waals surface area contributed by atoms with Gasteiger partial charge in [-0.2, -0.15) is 0 Å². The van der Waals surface area contributed by atoms with Gasteiger partial charge in [-0.05, 0) is 37.1 Å². The van der Waals surface area contributed by atoms with Gasteiger partial charge in [-0.25, -0.2) is 0 Å². The third kappa shape index (κ3) is 3.45. The molecule has 2 aromatic rings. The topological polar surface area (TPSA) is 55.1 Å². The van der Waals surface area contributed by atoms with Crippen molar-refractivity contribution in [1.82, 2.24) is 10.5 Å². The predicted molar refractivity (Wildman–Crippen MR) is 80.8 cm³/mol. The Labute approximate surface area is 128 Å². The molecule has 21 heavy (non-hydrogen) atoms. The summed E-state index contributed by atoms with van der Waals surface area (Å²) in [5.74, 6) is 0.980. The molecule has 0 saturated heterocycles. The molecule has 0 unspecified atom stereocenters. The van der Waals surface area contributed by atoms with Crippen LogP contribution in [0.25, 0.3) is 11.3 Å². The van der Waals surface area contributed by atoms with Crippen LogP contribution in [-0.4, -0.2) is 11.1 Å². The minimum absolute atomic E-state index is 0.128. The summed E-state index contributed by atoms with van der Waals surface area (Å²) in [4.78, 5) is 11.9. The second kappa shape index (κ2) is 6.31. The molecule has 5 heteroatoms. The van der Waals surface area contributed by atoms with E-state index < -0.39 is 0 Å². The number of carbonyl (C=O) groups excluding carboxylic acids is 1. The van der Waals surface area contributed by atoms with Gasteiger partial charge in [-0.1, -0.05) is 29.6 Å². The van der Waals surface area contributed by atoms with E-state index in [0.29, 0.717) is 17.3 Å². The van der Waals surface area contributed by atoms with Crippen molar-refractivity contribution >= 4 is 17.5 Å². The third-order valence-corrected chi connectivity index (χ3v) is 4.11. The van der Waals surface area contributed by atoms with Crippen molar-refractivity contribution in [3.8, 4) is 11.3 Å². The SMILES string of the molecule is O=C(NCc1cc(-c2ccc(Cl)cc2)on1)C1CCCC1. The van der Waals surface area contributed by atoms with Gasteiger partial charge < -0.3 is 9.84 Å². The number of carbonyl (C=O) groups is 1. The molecule has 1 aliphatic rings. The molecule has 1 aromatic heterocycles. The van der Waals surface area contributed by atoms with Gasteiger partial charge in [0.25, 0.3) is 0 Å². The van der Waals surface area contributed by atoms with Gasteiger partial charge in [0.2, 0.25) is 5.91 Å². The van der Waals surface area contributed by atoms with Gasteiger partial charge in [0.1, 0.15) is 5.69 Å². The molecule has 0 spiro atoms.